The van der Waals surface area contributed by atoms with Crippen molar-refractivity contribution >= 4 is 29.1 Å². The van der Waals surface area contributed by atoms with Crippen LogP contribution >= 0.6 is 11.6 Å². The molecule has 0 unspecified atom stereocenters. The largest absolute Gasteiger partial charge is 0.506 e. The van der Waals surface area contributed by atoms with Crippen LogP contribution in [-0.2, 0) is 9.59 Å². The van der Waals surface area contributed by atoms with Crippen LogP contribution in [0.15, 0.2) is 18.2 Å². The summed E-state index contributed by atoms with van der Waals surface area (Å²) in [6.45, 7) is 0. The highest BCUT2D eigenvalue weighted by molar-refractivity contribution is 6.31. The lowest BCUT2D eigenvalue weighted by Gasteiger charge is -2.15. The molecular formula is C10H9ClN2O3. The fraction of sp³-hybridized carbons (Fsp3) is 0.200. The Morgan fingerprint density at radius 3 is 2.69 bits per heavy atom. The van der Waals surface area contributed by atoms with Gasteiger partial charge in [0, 0.05) is 5.02 Å². The average molecular weight is 241 g/mol. The molecule has 1 saturated heterocycles. The van der Waals surface area contributed by atoms with E-state index in [4.69, 9.17) is 17.3 Å². The number of hydrogen-bond acceptors (Lipinski definition) is 4. The number of hydrogen-bond donors (Lipinski definition) is 2. The molecule has 1 aromatic rings. The number of halogens is 1. The average Bonchev–Trinajstić information content (AvgIpc) is 2.46. The van der Waals surface area contributed by atoms with Crippen molar-refractivity contribution in [3.05, 3.63) is 23.2 Å². The van der Waals surface area contributed by atoms with Crippen molar-refractivity contribution in [2.45, 2.75) is 12.5 Å². The number of carbonyl (C=O) groups excluding carboxylic acids is 2. The molecule has 2 amide bonds. The second kappa shape index (κ2) is 3.77. The van der Waals surface area contributed by atoms with Gasteiger partial charge in [-0.25, -0.2) is 4.90 Å². The summed E-state index contributed by atoms with van der Waals surface area (Å²) in [5, 5.41) is 9.90. The summed E-state index contributed by atoms with van der Waals surface area (Å²) in [4.78, 5) is 24.0. The number of amides is 2. The van der Waals surface area contributed by atoms with Gasteiger partial charge in [0.1, 0.15) is 5.75 Å². The zero-order chi connectivity index (χ0) is 11.9. The smallest absolute Gasteiger partial charge is 0.251 e. The molecule has 1 fully saturated rings. The molecule has 1 atom stereocenters. The van der Waals surface area contributed by atoms with E-state index in [1.807, 2.05) is 0 Å². The Morgan fingerprint density at radius 2 is 2.12 bits per heavy atom. The second-order valence-corrected chi connectivity index (χ2v) is 3.95. The van der Waals surface area contributed by atoms with Crippen LogP contribution in [0.2, 0.25) is 5.02 Å². The van der Waals surface area contributed by atoms with Crippen molar-refractivity contribution in [2.75, 3.05) is 4.90 Å². The van der Waals surface area contributed by atoms with Gasteiger partial charge in [0.2, 0.25) is 5.91 Å². The third-order valence-electron chi connectivity index (χ3n) is 2.36. The number of phenols is 1. The normalized spacial score (nSPS) is 20.6. The SMILES string of the molecule is N[C@H]1CC(=O)N(c2cc(Cl)ccc2O)C1=O. The van der Waals surface area contributed by atoms with Gasteiger partial charge in [-0.1, -0.05) is 11.6 Å². The number of nitrogens with two attached hydrogens (primary N) is 1. The number of phenolic OH excluding ortho intramolecular Hbond substituents is 1. The standard InChI is InChI=1S/C10H9ClN2O3/c11-5-1-2-8(14)7(3-5)13-9(15)4-6(12)10(13)16/h1-3,6,14H,4,12H2/t6-/m0/s1. The van der Waals surface area contributed by atoms with E-state index in [2.05, 4.69) is 0 Å². The van der Waals surface area contributed by atoms with Gasteiger partial charge < -0.3 is 10.8 Å². The monoisotopic (exact) mass is 240 g/mol. The lowest BCUT2D eigenvalue weighted by atomic mass is 10.2. The quantitative estimate of drug-likeness (QED) is 0.706. The van der Waals surface area contributed by atoms with Gasteiger partial charge in [-0.15, -0.1) is 0 Å². The Hall–Kier alpha value is -1.59. The lowest BCUT2D eigenvalue weighted by molar-refractivity contribution is -0.121. The Morgan fingerprint density at radius 1 is 1.44 bits per heavy atom. The van der Waals surface area contributed by atoms with Gasteiger partial charge in [0.15, 0.2) is 0 Å². The third-order valence-corrected chi connectivity index (χ3v) is 2.59. The second-order valence-electron chi connectivity index (χ2n) is 3.51. The van der Waals surface area contributed by atoms with Crippen molar-refractivity contribution in [3.63, 3.8) is 0 Å². The van der Waals surface area contributed by atoms with E-state index >= 15 is 0 Å². The molecule has 0 spiro atoms. The van der Waals surface area contributed by atoms with Crippen LogP contribution in [0.4, 0.5) is 5.69 Å². The van der Waals surface area contributed by atoms with Crippen LogP contribution in [0.25, 0.3) is 0 Å². The minimum Gasteiger partial charge on any atom is -0.506 e. The predicted octanol–water partition coefficient (Wildman–Crippen LogP) is 0.636. The molecule has 3 N–H and O–H groups in total. The Bertz CT molecular complexity index is 475. The number of benzene rings is 1. The Labute approximate surface area is 96.4 Å². The van der Waals surface area contributed by atoms with Gasteiger partial charge in [0.05, 0.1) is 18.2 Å². The first-order chi connectivity index (χ1) is 7.50. The topological polar surface area (TPSA) is 83.6 Å². The van der Waals surface area contributed by atoms with Gasteiger partial charge in [-0.3, -0.25) is 9.59 Å². The lowest BCUT2D eigenvalue weighted by Crippen LogP contribution is -2.35. The molecule has 0 aliphatic carbocycles. The molecular weight excluding hydrogens is 232 g/mol. The first kappa shape index (κ1) is 10.9. The summed E-state index contributed by atoms with van der Waals surface area (Å²) in [5.41, 5.74) is 5.54. The molecule has 6 heteroatoms. The summed E-state index contributed by atoms with van der Waals surface area (Å²) in [5.74, 6) is -1.14. The Kier molecular flexibility index (Phi) is 2.57. The molecule has 1 aliphatic heterocycles. The van der Waals surface area contributed by atoms with E-state index in [9.17, 15) is 14.7 Å². The fourth-order valence-corrected chi connectivity index (χ4v) is 1.75. The number of carbonyl (C=O) groups is 2. The maximum absolute atomic E-state index is 11.6. The highest BCUT2D eigenvalue weighted by atomic mass is 35.5. The number of anilines is 1. The minimum absolute atomic E-state index is 0.0508. The Balaban J connectivity index is 2.48. The van der Waals surface area contributed by atoms with E-state index in [1.54, 1.807) is 0 Å². The number of imide groups is 1. The molecule has 0 bridgehead atoms. The number of nitrogens with zero attached hydrogens (tertiary/aromatic N) is 1. The van der Waals surface area contributed by atoms with Crippen LogP contribution in [0.1, 0.15) is 6.42 Å². The summed E-state index contributed by atoms with van der Waals surface area (Å²) < 4.78 is 0. The first-order valence-electron chi connectivity index (χ1n) is 4.61. The van der Waals surface area contributed by atoms with Crippen LogP contribution in [-0.4, -0.2) is 23.0 Å². The molecule has 0 radical (unpaired) electrons. The van der Waals surface area contributed by atoms with Crippen molar-refractivity contribution in [2.24, 2.45) is 5.73 Å². The molecule has 84 valence electrons. The van der Waals surface area contributed by atoms with Gasteiger partial charge in [0.25, 0.3) is 5.91 Å². The van der Waals surface area contributed by atoms with Crippen molar-refractivity contribution in [3.8, 4) is 5.75 Å². The van der Waals surface area contributed by atoms with Gasteiger partial charge in [-0.05, 0) is 18.2 Å². The molecule has 1 aliphatic rings. The molecule has 5 nitrogen and oxygen atoms in total. The summed E-state index contributed by atoms with van der Waals surface area (Å²) in [6.07, 6.45) is -0.0508. The molecule has 0 saturated carbocycles. The van der Waals surface area contributed by atoms with Gasteiger partial charge >= 0.3 is 0 Å². The summed E-state index contributed by atoms with van der Waals surface area (Å²) in [6, 6.07) is 3.30. The highest BCUT2D eigenvalue weighted by Gasteiger charge is 2.38. The van der Waals surface area contributed by atoms with Crippen LogP contribution in [0.3, 0.4) is 0 Å². The van der Waals surface area contributed by atoms with Crippen LogP contribution in [0.5, 0.6) is 5.75 Å². The van der Waals surface area contributed by atoms with E-state index < -0.39 is 17.9 Å². The molecule has 0 aromatic heterocycles. The zero-order valence-corrected chi connectivity index (χ0v) is 8.94. The van der Waals surface area contributed by atoms with Crippen molar-refractivity contribution in [1.29, 1.82) is 0 Å². The van der Waals surface area contributed by atoms with E-state index in [-0.39, 0.29) is 17.9 Å². The highest BCUT2D eigenvalue weighted by Crippen LogP contribution is 2.33. The van der Waals surface area contributed by atoms with Crippen molar-refractivity contribution in [1.82, 2.24) is 0 Å². The molecule has 16 heavy (non-hydrogen) atoms. The summed E-state index contributed by atoms with van der Waals surface area (Å²) in [7, 11) is 0. The van der Waals surface area contributed by atoms with Crippen LogP contribution in [0, 0.1) is 0 Å². The van der Waals surface area contributed by atoms with Crippen LogP contribution < -0.4 is 10.6 Å². The fourth-order valence-electron chi connectivity index (χ4n) is 1.58. The maximum atomic E-state index is 11.6. The van der Waals surface area contributed by atoms with E-state index in [0.29, 0.717) is 5.02 Å². The predicted molar refractivity (Wildman–Crippen MR) is 58.2 cm³/mol. The molecule has 1 aromatic carbocycles. The maximum Gasteiger partial charge on any atom is 0.251 e. The number of rotatable bonds is 1. The summed E-state index contributed by atoms with van der Waals surface area (Å²) >= 11 is 5.74. The van der Waals surface area contributed by atoms with E-state index in [0.717, 1.165) is 4.90 Å². The molecule has 1 heterocycles. The first-order valence-corrected chi connectivity index (χ1v) is 4.99. The van der Waals surface area contributed by atoms with Gasteiger partial charge in [-0.2, -0.15) is 0 Å². The zero-order valence-electron chi connectivity index (χ0n) is 8.18. The minimum atomic E-state index is -0.842. The van der Waals surface area contributed by atoms with E-state index in [1.165, 1.54) is 18.2 Å². The van der Waals surface area contributed by atoms with Crippen molar-refractivity contribution < 1.29 is 14.7 Å². The number of aromatic hydroxyl groups is 1. The third kappa shape index (κ3) is 1.64. The molecule has 2 rings (SSSR count).